The molecule has 0 radical (unpaired) electrons. The van der Waals surface area contributed by atoms with Crippen LogP contribution in [0.1, 0.15) is 99.3 Å². The van der Waals surface area contributed by atoms with Crippen LogP contribution in [0.4, 0.5) is 0 Å². The monoisotopic (exact) mass is 542 g/mol. The summed E-state index contributed by atoms with van der Waals surface area (Å²) in [6.45, 7) is 8.39. The van der Waals surface area contributed by atoms with E-state index in [2.05, 4.69) is 86.0 Å². The third-order valence-electron chi connectivity index (χ3n) is 10.0. The van der Waals surface area contributed by atoms with Gasteiger partial charge < -0.3 is 4.74 Å². The third-order valence-corrected chi connectivity index (χ3v) is 10.0. The lowest BCUT2D eigenvalue weighted by Crippen LogP contribution is -2.51. The summed E-state index contributed by atoms with van der Waals surface area (Å²) >= 11 is 0. The number of benzene rings is 2. The summed E-state index contributed by atoms with van der Waals surface area (Å²) in [5.74, 6) is 0. The lowest BCUT2D eigenvalue weighted by Gasteiger charge is -2.49. The Labute approximate surface area is 248 Å². The zero-order chi connectivity index (χ0) is 28.1. The van der Waals surface area contributed by atoms with E-state index in [1.807, 2.05) is 12.2 Å². The Morgan fingerprint density at radius 3 is 1.17 bits per heavy atom. The van der Waals surface area contributed by atoms with Gasteiger partial charge in [-0.25, -0.2) is 0 Å². The van der Waals surface area contributed by atoms with Gasteiger partial charge in [-0.2, -0.15) is 0 Å². The molecule has 41 heavy (non-hydrogen) atoms. The van der Waals surface area contributed by atoms with E-state index in [-0.39, 0.29) is 0 Å². The van der Waals surface area contributed by atoms with Crippen LogP contribution in [0.25, 0.3) is 12.2 Å². The highest BCUT2D eigenvalue weighted by Crippen LogP contribution is 2.52. The molecule has 4 aliphatic rings. The van der Waals surface area contributed by atoms with Crippen molar-refractivity contribution in [3.8, 4) is 0 Å². The summed E-state index contributed by atoms with van der Waals surface area (Å²) in [6, 6.07) is 17.7. The second kappa shape index (κ2) is 12.4. The molecule has 0 heterocycles. The number of hydrogen-bond donors (Lipinski definition) is 0. The van der Waals surface area contributed by atoms with Crippen LogP contribution >= 0.6 is 0 Å². The molecule has 2 aromatic rings. The van der Waals surface area contributed by atoms with Crippen molar-refractivity contribution in [3.05, 3.63) is 131 Å². The van der Waals surface area contributed by atoms with E-state index in [0.717, 1.165) is 64.2 Å². The van der Waals surface area contributed by atoms with Gasteiger partial charge in [0.2, 0.25) is 0 Å². The van der Waals surface area contributed by atoms with Crippen molar-refractivity contribution in [2.75, 3.05) is 0 Å². The minimum Gasteiger partial charge on any atom is -0.350 e. The van der Waals surface area contributed by atoms with E-state index in [1.165, 1.54) is 70.2 Å². The summed E-state index contributed by atoms with van der Waals surface area (Å²) in [7, 11) is 0. The quantitative estimate of drug-likeness (QED) is 0.242. The second-order valence-electron chi connectivity index (χ2n) is 12.4. The third kappa shape index (κ3) is 5.42. The molecule has 0 atom stereocenters. The van der Waals surface area contributed by atoms with Crippen molar-refractivity contribution in [2.24, 2.45) is 0 Å². The molecule has 0 N–H and O–H groups in total. The molecule has 6 rings (SSSR count). The van der Waals surface area contributed by atoms with E-state index >= 15 is 0 Å². The summed E-state index contributed by atoms with van der Waals surface area (Å²) in [6.07, 6.45) is 29.8. The molecule has 4 aliphatic carbocycles. The van der Waals surface area contributed by atoms with Gasteiger partial charge in [-0.15, -0.1) is 0 Å². The SMILES string of the molecule is C=Cc1ccccc1CC(OC(Cc1ccccc1C=C)(C1=CCCC1)C1=CCCC1)(C1=CCCC1)C1=CCCC1. The van der Waals surface area contributed by atoms with Crippen LogP contribution in [0.3, 0.4) is 0 Å². The summed E-state index contributed by atoms with van der Waals surface area (Å²) in [5.41, 5.74) is 10.2. The molecular formula is C40H46O. The zero-order valence-electron chi connectivity index (χ0n) is 24.8. The first kappa shape index (κ1) is 28.0. The predicted octanol–water partition coefficient (Wildman–Crippen LogP) is 10.7. The van der Waals surface area contributed by atoms with Crippen LogP contribution in [-0.4, -0.2) is 11.2 Å². The number of ether oxygens (including phenoxy) is 1. The van der Waals surface area contributed by atoms with E-state index in [9.17, 15) is 0 Å². The van der Waals surface area contributed by atoms with E-state index < -0.39 is 11.2 Å². The fourth-order valence-electron chi connectivity index (χ4n) is 7.97. The van der Waals surface area contributed by atoms with Crippen molar-refractivity contribution in [1.82, 2.24) is 0 Å². The van der Waals surface area contributed by atoms with Gasteiger partial charge in [0, 0.05) is 12.8 Å². The molecule has 0 unspecified atom stereocenters. The average Bonchev–Trinajstić information content (AvgIpc) is 3.85. The van der Waals surface area contributed by atoms with Crippen LogP contribution < -0.4 is 0 Å². The molecule has 0 saturated carbocycles. The molecule has 0 saturated heterocycles. The zero-order valence-corrected chi connectivity index (χ0v) is 24.8. The molecule has 0 bridgehead atoms. The van der Waals surface area contributed by atoms with Gasteiger partial charge in [0.25, 0.3) is 0 Å². The summed E-state index contributed by atoms with van der Waals surface area (Å²) in [4.78, 5) is 0. The lowest BCUT2D eigenvalue weighted by atomic mass is 9.74. The van der Waals surface area contributed by atoms with Gasteiger partial charge in [-0.1, -0.05) is 98.1 Å². The first-order valence-corrected chi connectivity index (χ1v) is 16.1. The van der Waals surface area contributed by atoms with Crippen molar-refractivity contribution in [1.29, 1.82) is 0 Å². The smallest absolute Gasteiger partial charge is 0.116 e. The Morgan fingerprint density at radius 1 is 0.537 bits per heavy atom. The van der Waals surface area contributed by atoms with Gasteiger partial charge in [-0.05, 0) is 122 Å². The largest absolute Gasteiger partial charge is 0.350 e. The Bertz CT molecular complexity index is 1250. The van der Waals surface area contributed by atoms with Crippen LogP contribution in [0.5, 0.6) is 0 Å². The Hall–Kier alpha value is -3.16. The lowest BCUT2D eigenvalue weighted by molar-refractivity contribution is -0.0844. The molecule has 2 aromatic carbocycles. The summed E-state index contributed by atoms with van der Waals surface area (Å²) in [5, 5.41) is 0. The molecule has 0 aromatic heterocycles. The van der Waals surface area contributed by atoms with Gasteiger partial charge in [0.15, 0.2) is 0 Å². The van der Waals surface area contributed by atoms with Gasteiger partial charge in [-0.3, -0.25) is 0 Å². The Morgan fingerprint density at radius 2 is 0.878 bits per heavy atom. The minimum absolute atomic E-state index is 0.456. The molecule has 0 fully saturated rings. The highest BCUT2D eigenvalue weighted by atomic mass is 16.5. The minimum atomic E-state index is -0.456. The van der Waals surface area contributed by atoms with Gasteiger partial charge in [0.1, 0.15) is 11.2 Å². The van der Waals surface area contributed by atoms with Crippen molar-refractivity contribution in [3.63, 3.8) is 0 Å². The first-order chi connectivity index (χ1) is 20.2. The highest BCUT2D eigenvalue weighted by Gasteiger charge is 2.51. The highest BCUT2D eigenvalue weighted by molar-refractivity contribution is 5.56. The fraction of sp³-hybridized carbons (Fsp3) is 0.400. The molecule has 0 amide bonds. The van der Waals surface area contributed by atoms with Crippen LogP contribution in [0.15, 0.2) is 108 Å². The van der Waals surface area contributed by atoms with Crippen LogP contribution in [0, 0.1) is 0 Å². The average molecular weight is 543 g/mol. The number of rotatable bonds is 12. The van der Waals surface area contributed by atoms with Gasteiger partial charge >= 0.3 is 0 Å². The number of hydrogen-bond acceptors (Lipinski definition) is 1. The second-order valence-corrected chi connectivity index (χ2v) is 12.4. The maximum absolute atomic E-state index is 8.23. The van der Waals surface area contributed by atoms with Crippen molar-refractivity contribution < 1.29 is 4.74 Å². The van der Waals surface area contributed by atoms with E-state index in [1.54, 1.807) is 0 Å². The maximum Gasteiger partial charge on any atom is 0.116 e. The topological polar surface area (TPSA) is 9.23 Å². The van der Waals surface area contributed by atoms with Crippen molar-refractivity contribution >= 4 is 12.2 Å². The summed E-state index contributed by atoms with van der Waals surface area (Å²) < 4.78 is 8.23. The molecular weight excluding hydrogens is 496 g/mol. The predicted molar refractivity (Wildman–Crippen MR) is 175 cm³/mol. The maximum atomic E-state index is 8.23. The molecule has 1 heteroatoms. The molecule has 1 nitrogen and oxygen atoms in total. The fourth-order valence-corrected chi connectivity index (χ4v) is 7.97. The Balaban J connectivity index is 1.58. The molecule has 0 aliphatic heterocycles. The number of allylic oxidation sites excluding steroid dienone is 4. The van der Waals surface area contributed by atoms with Gasteiger partial charge in [0.05, 0.1) is 0 Å². The van der Waals surface area contributed by atoms with E-state index in [0.29, 0.717) is 0 Å². The normalized spacial score (nSPS) is 19.1. The van der Waals surface area contributed by atoms with Crippen LogP contribution in [-0.2, 0) is 17.6 Å². The van der Waals surface area contributed by atoms with E-state index in [4.69, 9.17) is 4.74 Å². The van der Waals surface area contributed by atoms with Crippen LogP contribution in [0.2, 0.25) is 0 Å². The standard InChI is InChI=1S/C40H46O/c1-3-31-17-5-7-19-33(31)29-39(35-21-9-10-22-35,36-23-11-12-24-36)41-40(37-25-13-14-26-37,38-27-15-16-28-38)30-34-20-8-6-18-32(34)4-2/h3-8,17-21,23,25,27H,1-2,9-16,22,24,26,28-30H2. The molecule has 212 valence electrons. The van der Waals surface area contributed by atoms with Crippen molar-refractivity contribution in [2.45, 2.75) is 101 Å². The first-order valence-electron chi connectivity index (χ1n) is 16.1. The molecule has 0 spiro atoms. The Kier molecular flexibility index (Phi) is 8.45.